The van der Waals surface area contributed by atoms with E-state index in [9.17, 15) is 0 Å². The maximum absolute atomic E-state index is 6.11. The van der Waals surface area contributed by atoms with E-state index in [-0.39, 0.29) is 0 Å². The van der Waals surface area contributed by atoms with Crippen LogP contribution in [0, 0.1) is 0 Å². The molecule has 0 saturated heterocycles. The van der Waals surface area contributed by atoms with Crippen LogP contribution < -0.4 is 5.73 Å². The van der Waals surface area contributed by atoms with Crippen molar-refractivity contribution in [3.8, 4) is 0 Å². The molecule has 1 aromatic rings. The highest BCUT2D eigenvalue weighted by atomic mass is 15.3. The summed E-state index contributed by atoms with van der Waals surface area (Å²) < 4.78 is 0. The van der Waals surface area contributed by atoms with Crippen LogP contribution in [0.1, 0.15) is 32.6 Å². The van der Waals surface area contributed by atoms with Gasteiger partial charge in [-0.3, -0.25) is 0 Å². The van der Waals surface area contributed by atoms with Gasteiger partial charge in [0.2, 0.25) is 0 Å². The minimum absolute atomic E-state index is 0.633. The third-order valence-electron chi connectivity index (χ3n) is 3.03. The Morgan fingerprint density at radius 2 is 2.06 bits per heavy atom. The zero-order chi connectivity index (χ0) is 12.1. The van der Waals surface area contributed by atoms with Crippen molar-refractivity contribution in [3.05, 3.63) is 30.3 Å². The number of hydrogen-bond donors (Lipinski definition) is 1. The van der Waals surface area contributed by atoms with Crippen LogP contribution in [-0.2, 0) is 0 Å². The average molecular weight is 231 g/mol. The number of aliphatic imine (C=N–C) groups is 1. The molecule has 0 aliphatic heterocycles. The molecule has 0 amide bonds. The predicted octanol–water partition coefficient (Wildman–Crippen LogP) is 2.90. The number of rotatable bonds is 5. The van der Waals surface area contributed by atoms with Crippen molar-refractivity contribution in [2.75, 3.05) is 6.54 Å². The molecule has 3 heteroatoms. The van der Waals surface area contributed by atoms with Gasteiger partial charge in [0.25, 0.3) is 0 Å². The molecule has 0 aromatic heterocycles. The molecule has 2 N–H and O–H groups in total. The molecule has 1 saturated carbocycles. The molecule has 17 heavy (non-hydrogen) atoms. The lowest BCUT2D eigenvalue weighted by Crippen LogP contribution is -2.39. The van der Waals surface area contributed by atoms with E-state index < -0.39 is 0 Å². The smallest absolute Gasteiger partial charge is 0.196 e. The highest BCUT2D eigenvalue weighted by Crippen LogP contribution is 2.27. The Labute approximate surface area is 103 Å². The van der Waals surface area contributed by atoms with Gasteiger partial charge in [-0.2, -0.15) is 0 Å². The lowest BCUT2D eigenvalue weighted by atomic mass is 10.3. The van der Waals surface area contributed by atoms with E-state index in [2.05, 4.69) is 16.8 Å². The number of unbranched alkanes of at least 4 members (excludes halogenated alkanes) is 1. The van der Waals surface area contributed by atoms with Crippen molar-refractivity contribution in [1.82, 2.24) is 4.90 Å². The van der Waals surface area contributed by atoms with Gasteiger partial charge < -0.3 is 10.6 Å². The van der Waals surface area contributed by atoms with Gasteiger partial charge in [0, 0.05) is 12.6 Å². The molecule has 1 aliphatic rings. The highest BCUT2D eigenvalue weighted by Gasteiger charge is 2.29. The van der Waals surface area contributed by atoms with Crippen LogP contribution in [0.2, 0.25) is 0 Å². The van der Waals surface area contributed by atoms with Crippen molar-refractivity contribution in [2.24, 2.45) is 10.7 Å². The van der Waals surface area contributed by atoms with Gasteiger partial charge in [-0.25, -0.2) is 4.99 Å². The molecular formula is C14H21N3. The molecule has 3 nitrogen and oxygen atoms in total. The van der Waals surface area contributed by atoms with Gasteiger partial charge in [0.1, 0.15) is 0 Å². The Hall–Kier alpha value is -1.51. The number of benzene rings is 1. The third kappa shape index (κ3) is 3.48. The largest absolute Gasteiger partial charge is 0.369 e. The van der Waals surface area contributed by atoms with Crippen LogP contribution >= 0.6 is 0 Å². The quantitative estimate of drug-likeness (QED) is 0.625. The molecule has 1 aromatic carbocycles. The van der Waals surface area contributed by atoms with E-state index in [1.807, 2.05) is 30.3 Å². The van der Waals surface area contributed by atoms with Crippen LogP contribution in [0.25, 0.3) is 0 Å². The number of guanidine groups is 1. The summed E-state index contributed by atoms with van der Waals surface area (Å²) in [5.41, 5.74) is 7.04. The van der Waals surface area contributed by atoms with Gasteiger partial charge in [-0.1, -0.05) is 31.5 Å². The van der Waals surface area contributed by atoms with Gasteiger partial charge in [-0.05, 0) is 31.4 Å². The van der Waals surface area contributed by atoms with Crippen LogP contribution in [-0.4, -0.2) is 23.4 Å². The fraction of sp³-hybridized carbons (Fsp3) is 0.500. The summed E-state index contributed by atoms with van der Waals surface area (Å²) in [5, 5.41) is 0. The minimum Gasteiger partial charge on any atom is -0.369 e. The molecule has 0 bridgehead atoms. The van der Waals surface area contributed by atoms with Gasteiger partial charge in [0.05, 0.1) is 5.69 Å². The Morgan fingerprint density at radius 3 is 2.65 bits per heavy atom. The molecule has 0 unspecified atom stereocenters. The molecule has 2 rings (SSSR count). The van der Waals surface area contributed by atoms with Crippen LogP contribution in [0.15, 0.2) is 35.3 Å². The summed E-state index contributed by atoms with van der Waals surface area (Å²) in [4.78, 5) is 6.75. The maximum atomic E-state index is 6.11. The number of nitrogens with two attached hydrogens (primary N) is 1. The first-order chi connectivity index (χ1) is 8.31. The maximum Gasteiger partial charge on any atom is 0.196 e. The number of nitrogens with zero attached hydrogens (tertiary/aromatic N) is 2. The normalized spacial score (nSPS) is 15.9. The van der Waals surface area contributed by atoms with E-state index >= 15 is 0 Å². The first kappa shape index (κ1) is 12.0. The lowest BCUT2D eigenvalue weighted by molar-refractivity contribution is 0.395. The first-order valence-electron chi connectivity index (χ1n) is 6.47. The highest BCUT2D eigenvalue weighted by molar-refractivity contribution is 5.81. The second-order valence-corrected chi connectivity index (χ2v) is 4.58. The zero-order valence-electron chi connectivity index (χ0n) is 10.5. The Bertz CT molecular complexity index is 368. The van der Waals surface area contributed by atoms with Crippen LogP contribution in [0.3, 0.4) is 0 Å². The molecule has 0 atom stereocenters. The average Bonchev–Trinajstić information content (AvgIpc) is 3.15. The number of hydrogen-bond acceptors (Lipinski definition) is 1. The summed E-state index contributed by atoms with van der Waals surface area (Å²) in [6.07, 6.45) is 4.90. The van der Waals surface area contributed by atoms with Crippen molar-refractivity contribution >= 4 is 11.6 Å². The SMILES string of the molecule is CCCCN(C(N)=Nc1ccccc1)C1CC1. The molecule has 1 fully saturated rings. The van der Waals surface area contributed by atoms with Gasteiger partial charge >= 0.3 is 0 Å². The Balaban J connectivity index is 2.04. The Kier molecular flexibility index (Phi) is 4.02. The Morgan fingerprint density at radius 1 is 1.35 bits per heavy atom. The summed E-state index contributed by atoms with van der Waals surface area (Å²) in [5.74, 6) is 0.673. The number of para-hydroxylation sites is 1. The predicted molar refractivity (Wildman–Crippen MR) is 72.4 cm³/mol. The monoisotopic (exact) mass is 231 g/mol. The van der Waals surface area contributed by atoms with Crippen molar-refractivity contribution in [2.45, 2.75) is 38.6 Å². The van der Waals surface area contributed by atoms with Crippen LogP contribution in [0.4, 0.5) is 5.69 Å². The van der Waals surface area contributed by atoms with E-state index in [1.54, 1.807) is 0 Å². The van der Waals surface area contributed by atoms with Crippen molar-refractivity contribution < 1.29 is 0 Å². The lowest BCUT2D eigenvalue weighted by Gasteiger charge is -2.23. The first-order valence-corrected chi connectivity index (χ1v) is 6.47. The zero-order valence-corrected chi connectivity index (χ0v) is 10.5. The molecule has 0 spiro atoms. The van der Waals surface area contributed by atoms with Gasteiger partial charge in [0.15, 0.2) is 5.96 Å². The van der Waals surface area contributed by atoms with E-state index in [0.29, 0.717) is 12.0 Å². The second-order valence-electron chi connectivity index (χ2n) is 4.58. The van der Waals surface area contributed by atoms with Crippen LogP contribution in [0.5, 0.6) is 0 Å². The summed E-state index contributed by atoms with van der Waals surface area (Å²) >= 11 is 0. The van der Waals surface area contributed by atoms with E-state index in [0.717, 1.165) is 12.2 Å². The van der Waals surface area contributed by atoms with E-state index in [4.69, 9.17) is 5.73 Å². The fourth-order valence-corrected chi connectivity index (χ4v) is 1.90. The van der Waals surface area contributed by atoms with Gasteiger partial charge in [-0.15, -0.1) is 0 Å². The molecule has 1 aliphatic carbocycles. The summed E-state index contributed by atoms with van der Waals surface area (Å²) in [6, 6.07) is 10.6. The molecule has 0 radical (unpaired) electrons. The van der Waals surface area contributed by atoms with Crippen molar-refractivity contribution in [1.29, 1.82) is 0 Å². The standard InChI is InChI=1S/C14H21N3/c1-2-3-11-17(13-9-10-13)14(15)16-12-7-5-4-6-8-12/h4-8,13H,2-3,9-11H2,1H3,(H2,15,16). The molecule has 92 valence electrons. The van der Waals surface area contributed by atoms with E-state index in [1.165, 1.54) is 25.7 Å². The second kappa shape index (κ2) is 5.71. The summed E-state index contributed by atoms with van der Waals surface area (Å²) in [6.45, 7) is 3.24. The summed E-state index contributed by atoms with van der Waals surface area (Å²) in [7, 11) is 0. The fourth-order valence-electron chi connectivity index (χ4n) is 1.90. The minimum atomic E-state index is 0.633. The molecular weight excluding hydrogens is 210 g/mol. The molecule has 0 heterocycles. The topological polar surface area (TPSA) is 41.6 Å². The van der Waals surface area contributed by atoms with Crippen molar-refractivity contribution in [3.63, 3.8) is 0 Å². The third-order valence-corrected chi connectivity index (χ3v) is 3.03.